The summed E-state index contributed by atoms with van der Waals surface area (Å²) in [6, 6.07) is 0. The second-order valence-electron chi connectivity index (χ2n) is 11.0. The smallest absolute Gasteiger partial charge is 0.429 e. The van der Waals surface area contributed by atoms with E-state index in [4.69, 9.17) is 104 Å². The summed E-state index contributed by atoms with van der Waals surface area (Å²) in [6.07, 6.45) is -33.3. The molecule has 10 atom stereocenters. The summed E-state index contributed by atoms with van der Waals surface area (Å²) in [4.78, 5) is 79.6. The van der Waals surface area contributed by atoms with Crippen LogP contribution in [-0.4, -0.2) is 149 Å². The molecule has 0 radical (unpaired) electrons. The maximum atomic E-state index is 12.1. The van der Waals surface area contributed by atoms with Crippen molar-refractivity contribution < 1.29 is 162 Å². The second-order valence-corrected chi connectivity index (χ2v) is 15.8. The highest BCUT2D eigenvalue weighted by molar-refractivity contribution is 6.62. The lowest BCUT2D eigenvalue weighted by atomic mass is 10.2. The highest BCUT2D eigenvalue weighted by Gasteiger charge is 2.71. The standard InChI is InChI=1S/C5H4ClF3O3.C3Cl4O3.C3H2Cl2O3.C3H2ClFO3.C3H3ClO3.C3F4O3.C3H2F2O3.C3H3FO3/c1-2-4(6,5(7,8)9)12-3(10)11-2;4-2(5)3(6,7)10-1(8)9-2;2*4-1-2(5)8-3(6)7-1;4-2-1-6-3(5)7-2;4-2(5)3(6,7)10-1(8)9-2;4-1-2(5)8-3(6)7-1;4-2-1-6-3(5)7-2/h2H,1H3;;2*1-2H;2H,1H2;;1-2H;2H,1H2. The Morgan fingerprint density at radius 3 is 0.943 bits per heavy atom. The minimum atomic E-state index is -4.84. The van der Waals surface area contributed by atoms with E-state index < -0.39 is 136 Å². The Balaban J connectivity index is 0.000000402. The maximum Gasteiger partial charge on any atom is 0.518 e. The molecule has 0 saturated carbocycles. The van der Waals surface area contributed by atoms with E-state index in [-0.39, 0.29) is 13.2 Å². The van der Waals surface area contributed by atoms with Gasteiger partial charge in [-0.25, -0.2) is 38.4 Å². The first-order chi connectivity index (χ1) is 31.6. The molecule has 8 heterocycles. The average molecular weight is 1240 g/mol. The molecule has 0 amide bonds. The van der Waals surface area contributed by atoms with E-state index >= 15 is 0 Å². The molecular weight excluding hydrogens is 1220 g/mol. The SMILES string of the molecule is CC1OC(=O)OC1(Cl)C(F)(F)F.O=C1OC(Cl)(Cl)C(Cl)(Cl)O1.O=C1OC(Cl)C(Cl)O1.O=C1OC(F)(F)C(F)(F)O1.O=C1OC(F)C(Cl)O1.O=C1OC(F)C(F)O1.O=C1OCC(Cl)O1.O=C1OCC(F)O1. The Bertz CT molecular complexity index is 1680. The van der Waals surface area contributed by atoms with Gasteiger partial charge in [-0.05, 0) is 53.3 Å². The Morgan fingerprint density at radius 2 is 0.814 bits per heavy atom. The molecule has 0 N–H and O–H groups in total. The van der Waals surface area contributed by atoms with Gasteiger partial charge >= 0.3 is 94.5 Å². The second kappa shape index (κ2) is 26.1. The number of carbonyl (C=O) groups is 8. The number of hydrogen-bond donors (Lipinski definition) is 0. The van der Waals surface area contributed by atoms with Crippen LogP contribution in [0.1, 0.15) is 6.92 Å². The number of carbonyl (C=O) groups excluding carboxylic acids is 8. The fourth-order valence-corrected chi connectivity index (χ4v) is 4.02. The topological polar surface area (TPSA) is 284 Å². The van der Waals surface area contributed by atoms with Gasteiger partial charge < -0.3 is 75.8 Å². The highest BCUT2D eigenvalue weighted by atomic mass is 35.5. The zero-order chi connectivity index (χ0) is 54.5. The lowest BCUT2D eigenvalue weighted by Crippen LogP contribution is -2.46. The van der Waals surface area contributed by atoms with Gasteiger partial charge in [0.25, 0.3) is 12.7 Å². The van der Waals surface area contributed by atoms with Gasteiger partial charge in [-0.2, -0.15) is 48.3 Å². The van der Waals surface area contributed by atoms with Crippen molar-refractivity contribution in [3.05, 3.63) is 0 Å². The minimum absolute atomic E-state index is 0.167. The summed E-state index contributed by atoms with van der Waals surface area (Å²) < 4.78 is 187. The largest absolute Gasteiger partial charge is 0.518 e. The van der Waals surface area contributed by atoms with Gasteiger partial charge in [-0.3, -0.25) is 0 Å². The molecule has 404 valence electrons. The number of halogens is 20. The van der Waals surface area contributed by atoms with Gasteiger partial charge in [0.1, 0.15) is 6.61 Å². The zero-order valence-electron chi connectivity index (χ0n) is 32.0. The van der Waals surface area contributed by atoms with Crippen LogP contribution >= 0.6 is 104 Å². The fourth-order valence-electron chi connectivity index (χ4n) is 3.00. The van der Waals surface area contributed by atoms with E-state index in [2.05, 4.69) is 75.8 Å². The predicted molar refractivity (Wildman–Crippen MR) is 191 cm³/mol. The molecule has 8 aliphatic rings. The molecule has 0 aromatic carbocycles. The molecule has 0 aromatic heterocycles. The van der Waals surface area contributed by atoms with Crippen LogP contribution < -0.4 is 0 Å². The normalized spacial score (nSPS) is 32.4. The molecule has 8 saturated heterocycles. The van der Waals surface area contributed by atoms with Crippen molar-refractivity contribution in [2.75, 3.05) is 13.2 Å². The Hall–Kier alpha value is -4.00. The highest BCUT2D eigenvalue weighted by Crippen LogP contribution is 2.49. The van der Waals surface area contributed by atoms with Crippen LogP contribution in [-0.2, 0) is 75.8 Å². The predicted octanol–water partition coefficient (Wildman–Crippen LogP) is 10.0. The van der Waals surface area contributed by atoms with Crippen LogP contribution in [0.3, 0.4) is 0 Å². The Morgan fingerprint density at radius 1 is 0.443 bits per heavy atom. The van der Waals surface area contributed by atoms with Crippen molar-refractivity contribution in [1.82, 2.24) is 0 Å². The molecule has 0 aliphatic carbocycles. The summed E-state index contributed by atoms with van der Waals surface area (Å²) >= 11 is 46.9. The number of rotatable bonds is 0. The number of ether oxygens (including phenoxy) is 16. The van der Waals surface area contributed by atoms with Gasteiger partial charge in [0.05, 0.1) is 0 Å². The van der Waals surface area contributed by atoms with Gasteiger partial charge in [-0.15, -0.1) is 0 Å². The van der Waals surface area contributed by atoms with Crippen LogP contribution in [0.15, 0.2) is 0 Å². The van der Waals surface area contributed by atoms with E-state index in [0.717, 1.165) is 6.92 Å². The average Bonchev–Trinajstić information content (AvgIpc) is 4.05. The molecule has 10 unspecified atom stereocenters. The third-order valence-corrected chi connectivity index (χ3v) is 9.55. The summed E-state index contributed by atoms with van der Waals surface area (Å²) in [5.41, 5.74) is -3.54. The fraction of sp³-hybridized carbons (Fsp3) is 0.692. The van der Waals surface area contributed by atoms with Crippen molar-refractivity contribution >= 4 is 154 Å². The number of alkyl halides is 20. The summed E-state index contributed by atoms with van der Waals surface area (Å²) in [5, 5.41) is -3.04. The van der Waals surface area contributed by atoms with E-state index in [9.17, 15) is 86.7 Å². The van der Waals surface area contributed by atoms with E-state index in [0.29, 0.717) is 0 Å². The molecule has 70 heavy (non-hydrogen) atoms. The van der Waals surface area contributed by atoms with Crippen LogP contribution in [0.4, 0.5) is 86.7 Å². The van der Waals surface area contributed by atoms with Crippen LogP contribution in [0.2, 0.25) is 0 Å². The third kappa shape index (κ3) is 20.2. The van der Waals surface area contributed by atoms with Crippen LogP contribution in [0.5, 0.6) is 0 Å². The monoisotopic (exact) mass is 1240 g/mol. The summed E-state index contributed by atoms with van der Waals surface area (Å²) in [7, 11) is 0. The minimum Gasteiger partial charge on any atom is -0.429 e. The first-order valence-electron chi connectivity index (χ1n) is 16.1. The molecule has 0 aromatic rings. The Labute approximate surface area is 421 Å². The van der Waals surface area contributed by atoms with Crippen molar-refractivity contribution in [3.63, 3.8) is 0 Å². The number of cyclic esters (lactones) is 16. The third-order valence-electron chi connectivity index (χ3n) is 5.92. The van der Waals surface area contributed by atoms with Crippen molar-refractivity contribution in [2.24, 2.45) is 0 Å². The lowest BCUT2D eigenvalue weighted by Gasteiger charge is -2.23. The number of hydrogen-bond acceptors (Lipinski definition) is 24. The summed E-state index contributed by atoms with van der Waals surface area (Å²) in [5.74, 6) is 0. The van der Waals surface area contributed by atoms with Gasteiger partial charge in [0.15, 0.2) is 12.7 Å². The summed E-state index contributed by atoms with van der Waals surface area (Å²) in [6.45, 7) is 0.907. The first-order valence-corrected chi connectivity index (χ1v) is 19.7. The quantitative estimate of drug-likeness (QED) is 0.0943. The zero-order valence-corrected chi connectivity index (χ0v) is 38.8. The van der Waals surface area contributed by atoms with Gasteiger partial charge in [-0.1, -0.05) is 58.0 Å². The molecule has 0 spiro atoms. The van der Waals surface area contributed by atoms with E-state index in [1.54, 1.807) is 0 Å². The van der Waals surface area contributed by atoms with Gasteiger partial charge in [0.2, 0.25) is 22.3 Å². The molecule has 8 fully saturated rings. The van der Waals surface area contributed by atoms with Crippen LogP contribution in [0.25, 0.3) is 0 Å². The van der Waals surface area contributed by atoms with Crippen LogP contribution in [0, 0.1) is 0 Å². The molecular formula is C26H16Cl9F11O24. The first kappa shape index (κ1) is 64.0. The lowest BCUT2D eigenvalue weighted by molar-refractivity contribution is -0.344. The van der Waals surface area contributed by atoms with E-state index in [1.165, 1.54) is 0 Å². The van der Waals surface area contributed by atoms with Crippen molar-refractivity contribution in [3.8, 4) is 0 Å². The molecule has 8 aliphatic heterocycles. The molecule has 24 nitrogen and oxygen atoms in total. The maximum absolute atomic E-state index is 12.1. The Kier molecular flexibility index (Phi) is 23.9. The molecule has 0 bridgehead atoms. The van der Waals surface area contributed by atoms with E-state index in [1.807, 2.05) is 0 Å². The van der Waals surface area contributed by atoms with Crippen molar-refractivity contribution in [2.45, 2.75) is 93.2 Å². The van der Waals surface area contributed by atoms with Crippen molar-refractivity contribution in [1.29, 1.82) is 0 Å². The molecule has 8 rings (SSSR count). The molecule has 44 heteroatoms. The van der Waals surface area contributed by atoms with Gasteiger partial charge in [0, 0.05) is 0 Å².